The number of rotatable bonds is 4. The van der Waals surface area contributed by atoms with Crippen LogP contribution in [-0.4, -0.2) is 45.2 Å². The van der Waals surface area contributed by atoms with Crippen molar-refractivity contribution in [2.45, 2.75) is 38.8 Å². The van der Waals surface area contributed by atoms with Crippen molar-refractivity contribution in [2.24, 2.45) is 0 Å². The Bertz CT molecular complexity index is 405. The molecule has 100 valence electrons. The van der Waals surface area contributed by atoms with E-state index < -0.39 is 0 Å². The Morgan fingerprint density at radius 3 is 3.06 bits per heavy atom. The van der Waals surface area contributed by atoms with Gasteiger partial charge in [-0.05, 0) is 38.0 Å². The number of aromatic nitrogens is 2. The summed E-state index contributed by atoms with van der Waals surface area (Å²) in [6.07, 6.45) is 9.35. The maximum atomic E-state index is 12.1. The molecule has 0 unspecified atom stereocenters. The number of piperidine rings is 1. The number of aryl methyl sites for hydroxylation is 1. The molecule has 1 aliphatic rings. The molecule has 1 aromatic heterocycles. The van der Waals surface area contributed by atoms with Gasteiger partial charge in [0.25, 0.3) is 0 Å². The van der Waals surface area contributed by atoms with Gasteiger partial charge in [-0.15, -0.1) is 0 Å². The molecule has 2 heterocycles. The third kappa shape index (κ3) is 3.28. The Morgan fingerprint density at radius 2 is 2.39 bits per heavy atom. The number of amides is 1. The third-order valence-corrected chi connectivity index (χ3v) is 3.91. The van der Waals surface area contributed by atoms with Crippen molar-refractivity contribution in [3.8, 4) is 0 Å². The van der Waals surface area contributed by atoms with Crippen molar-refractivity contribution >= 4 is 17.7 Å². The lowest BCUT2D eigenvalue weighted by atomic mass is 10.0. The molecule has 0 N–H and O–H groups in total. The minimum Gasteiger partial charge on any atom is -0.337 e. The number of hydrogen-bond acceptors (Lipinski definition) is 3. The number of likely N-dealkylation sites (tertiary alicyclic amines) is 1. The van der Waals surface area contributed by atoms with E-state index in [1.807, 2.05) is 30.3 Å². The smallest absolute Gasteiger partial charge is 0.232 e. The molecule has 0 spiro atoms. The van der Waals surface area contributed by atoms with E-state index in [0.717, 1.165) is 25.9 Å². The van der Waals surface area contributed by atoms with E-state index >= 15 is 0 Å². The van der Waals surface area contributed by atoms with E-state index in [1.54, 1.807) is 11.8 Å². The molecular weight excluding hydrogens is 246 g/mol. The molecule has 1 aliphatic heterocycles. The predicted octanol–water partition coefficient (Wildman–Crippen LogP) is 1.94. The van der Waals surface area contributed by atoms with E-state index in [9.17, 15) is 4.79 Å². The Kier molecular flexibility index (Phi) is 4.69. The topological polar surface area (TPSA) is 38.1 Å². The van der Waals surface area contributed by atoms with Crippen LogP contribution in [0.15, 0.2) is 12.4 Å². The van der Waals surface area contributed by atoms with Crippen LogP contribution in [0.4, 0.5) is 0 Å². The molecule has 1 fully saturated rings. The van der Waals surface area contributed by atoms with Crippen LogP contribution in [0, 0.1) is 6.92 Å². The first kappa shape index (κ1) is 13.5. The zero-order chi connectivity index (χ0) is 13.0. The number of thioether (sulfide) groups is 1. The summed E-state index contributed by atoms with van der Waals surface area (Å²) in [5.41, 5.74) is 1.17. The fourth-order valence-corrected chi connectivity index (χ4v) is 2.92. The van der Waals surface area contributed by atoms with Crippen LogP contribution in [0.2, 0.25) is 0 Å². The molecule has 0 saturated carbocycles. The van der Waals surface area contributed by atoms with Gasteiger partial charge in [0.1, 0.15) is 0 Å². The van der Waals surface area contributed by atoms with Gasteiger partial charge >= 0.3 is 0 Å². The first-order valence-corrected chi connectivity index (χ1v) is 7.87. The highest BCUT2D eigenvalue weighted by atomic mass is 32.2. The Morgan fingerprint density at radius 1 is 1.56 bits per heavy atom. The van der Waals surface area contributed by atoms with Crippen LogP contribution in [0.25, 0.3) is 0 Å². The van der Waals surface area contributed by atoms with Crippen molar-refractivity contribution in [2.75, 3.05) is 18.6 Å². The van der Waals surface area contributed by atoms with Crippen molar-refractivity contribution < 1.29 is 4.79 Å². The molecule has 2 rings (SSSR count). The Labute approximate surface area is 113 Å². The highest BCUT2D eigenvalue weighted by Gasteiger charge is 2.26. The summed E-state index contributed by atoms with van der Waals surface area (Å²) in [6, 6.07) is 0.317. The third-order valence-electron chi connectivity index (χ3n) is 3.38. The van der Waals surface area contributed by atoms with Gasteiger partial charge in [-0.25, -0.2) is 0 Å². The number of hydrogen-bond donors (Lipinski definition) is 0. The summed E-state index contributed by atoms with van der Waals surface area (Å²) in [7, 11) is 0. The SMILES string of the molecule is CSCC(=O)N1CCCC[C@H]1Cn1cc(C)cn1. The van der Waals surface area contributed by atoms with Crippen molar-refractivity contribution in [1.82, 2.24) is 14.7 Å². The standard InChI is InChI=1S/C13H21N3OS/c1-11-7-14-15(8-11)9-12-5-3-4-6-16(12)13(17)10-18-2/h7-8,12H,3-6,9-10H2,1-2H3/t12-/m0/s1. The maximum Gasteiger partial charge on any atom is 0.232 e. The minimum atomic E-state index is 0.274. The van der Waals surface area contributed by atoms with Gasteiger partial charge in [-0.2, -0.15) is 16.9 Å². The molecule has 1 amide bonds. The molecule has 0 radical (unpaired) electrons. The molecule has 0 aromatic carbocycles. The summed E-state index contributed by atoms with van der Waals surface area (Å²) in [5.74, 6) is 0.866. The molecule has 1 saturated heterocycles. The molecule has 18 heavy (non-hydrogen) atoms. The second-order valence-corrected chi connectivity index (χ2v) is 5.78. The minimum absolute atomic E-state index is 0.274. The second kappa shape index (κ2) is 6.27. The van der Waals surface area contributed by atoms with Crippen LogP contribution in [0.1, 0.15) is 24.8 Å². The molecule has 4 nitrogen and oxygen atoms in total. The van der Waals surface area contributed by atoms with E-state index in [1.165, 1.54) is 12.0 Å². The Hall–Kier alpha value is -0.970. The first-order valence-electron chi connectivity index (χ1n) is 6.48. The molecule has 0 aliphatic carbocycles. The first-order chi connectivity index (χ1) is 8.70. The van der Waals surface area contributed by atoms with Crippen molar-refractivity contribution in [1.29, 1.82) is 0 Å². The van der Waals surface area contributed by atoms with Gasteiger partial charge in [-0.3, -0.25) is 9.48 Å². The normalized spacial score (nSPS) is 20.1. The highest BCUT2D eigenvalue weighted by molar-refractivity contribution is 7.99. The van der Waals surface area contributed by atoms with Gasteiger partial charge in [0, 0.05) is 12.7 Å². The molecule has 1 aromatic rings. The second-order valence-electron chi connectivity index (χ2n) is 4.91. The number of carbonyl (C=O) groups excluding carboxylic acids is 1. The summed E-state index contributed by atoms with van der Waals surface area (Å²) >= 11 is 1.60. The molecule has 0 bridgehead atoms. The zero-order valence-corrected chi connectivity index (χ0v) is 11.9. The van der Waals surface area contributed by atoms with Crippen LogP contribution < -0.4 is 0 Å². The summed E-state index contributed by atoms with van der Waals surface area (Å²) in [6.45, 7) is 3.78. The quantitative estimate of drug-likeness (QED) is 0.836. The average molecular weight is 267 g/mol. The van der Waals surface area contributed by atoms with E-state index in [2.05, 4.69) is 10.00 Å². The molecule has 1 atom stereocenters. The molecule has 5 heteroatoms. The van der Waals surface area contributed by atoms with Crippen LogP contribution in [-0.2, 0) is 11.3 Å². The van der Waals surface area contributed by atoms with E-state index in [4.69, 9.17) is 0 Å². The predicted molar refractivity (Wildman–Crippen MR) is 74.7 cm³/mol. The summed E-state index contributed by atoms with van der Waals surface area (Å²) in [4.78, 5) is 14.1. The number of nitrogens with zero attached hydrogens (tertiary/aromatic N) is 3. The highest BCUT2D eigenvalue weighted by Crippen LogP contribution is 2.19. The largest absolute Gasteiger partial charge is 0.337 e. The van der Waals surface area contributed by atoms with Gasteiger partial charge in [-0.1, -0.05) is 0 Å². The van der Waals surface area contributed by atoms with Gasteiger partial charge < -0.3 is 4.90 Å². The lowest BCUT2D eigenvalue weighted by Gasteiger charge is -2.35. The van der Waals surface area contributed by atoms with E-state index in [-0.39, 0.29) is 5.91 Å². The van der Waals surface area contributed by atoms with Crippen LogP contribution >= 0.6 is 11.8 Å². The van der Waals surface area contributed by atoms with Gasteiger partial charge in [0.15, 0.2) is 0 Å². The fourth-order valence-electron chi connectivity index (χ4n) is 2.51. The zero-order valence-electron chi connectivity index (χ0n) is 11.1. The monoisotopic (exact) mass is 267 g/mol. The summed E-state index contributed by atoms with van der Waals surface area (Å²) < 4.78 is 1.96. The van der Waals surface area contributed by atoms with Gasteiger partial charge in [0.05, 0.1) is 24.5 Å². The lowest BCUT2D eigenvalue weighted by Crippen LogP contribution is -2.46. The van der Waals surface area contributed by atoms with Crippen molar-refractivity contribution in [3.05, 3.63) is 18.0 Å². The lowest BCUT2D eigenvalue weighted by molar-refractivity contribution is -0.132. The van der Waals surface area contributed by atoms with Crippen LogP contribution in [0.3, 0.4) is 0 Å². The van der Waals surface area contributed by atoms with E-state index in [0.29, 0.717) is 11.8 Å². The average Bonchev–Trinajstić information content (AvgIpc) is 2.76. The van der Waals surface area contributed by atoms with Crippen molar-refractivity contribution in [3.63, 3.8) is 0 Å². The Balaban J connectivity index is 2.01. The maximum absolute atomic E-state index is 12.1. The van der Waals surface area contributed by atoms with Gasteiger partial charge in [0.2, 0.25) is 5.91 Å². The summed E-state index contributed by atoms with van der Waals surface area (Å²) in [5, 5.41) is 4.32. The molecular formula is C13H21N3OS. The van der Waals surface area contributed by atoms with Crippen LogP contribution in [0.5, 0.6) is 0 Å². The number of carbonyl (C=O) groups is 1. The fraction of sp³-hybridized carbons (Fsp3) is 0.692.